The van der Waals surface area contributed by atoms with Crippen molar-refractivity contribution in [2.24, 2.45) is 5.41 Å². The molecule has 0 spiro atoms. The second kappa shape index (κ2) is 10.5. The lowest BCUT2D eigenvalue weighted by molar-refractivity contribution is -0.150. The molecule has 0 bridgehead atoms. The van der Waals surface area contributed by atoms with E-state index in [1.165, 1.54) is 29.3 Å². The molecular formula is C29H32F4N4O4. The Hall–Kier alpha value is -3.38. The van der Waals surface area contributed by atoms with Gasteiger partial charge in [-0.25, -0.2) is 4.39 Å². The standard InChI is InChI=1S/C29H32F4N4O4/c1-3-27(4-2)16-36(14-17-5-9-22(34-13-17)29(31,32)33)12-11-28(27,41)20-7-6-18-19(24(20)30)15-37(26(18)40)21-8-10-23(38)35-25(21)39/h5-7,9,13,21,41H,3-4,8,10-12,14-16H2,1-2H3,(H,35,38,39)/t21-,28?/m1/s1. The summed E-state index contributed by atoms with van der Waals surface area (Å²) in [5.74, 6) is -2.18. The predicted molar refractivity (Wildman–Crippen MR) is 138 cm³/mol. The van der Waals surface area contributed by atoms with Crippen molar-refractivity contribution in [3.05, 3.63) is 64.2 Å². The molecule has 2 fully saturated rings. The second-order valence-corrected chi connectivity index (χ2v) is 11.2. The van der Waals surface area contributed by atoms with Crippen LogP contribution in [0.1, 0.15) is 78.7 Å². The number of imide groups is 1. The fourth-order valence-corrected chi connectivity index (χ4v) is 6.70. The molecule has 0 radical (unpaired) electrons. The van der Waals surface area contributed by atoms with E-state index in [4.69, 9.17) is 0 Å². The average Bonchev–Trinajstić information content (AvgIpc) is 3.26. The highest BCUT2D eigenvalue weighted by atomic mass is 19.4. The van der Waals surface area contributed by atoms with Gasteiger partial charge in [-0.05, 0) is 43.4 Å². The quantitative estimate of drug-likeness (QED) is 0.400. The SMILES string of the molecule is CCC1(CC)CN(Cc2ccc(C(F)(F)F)nc2)CCC1(O)c1ccc2c(c1F)CN([C@@H]1CCC(=O)NC1=O)C2=O. The zero-order chi connectivity index (χ0) is 29.7. The number of aromatic nitrogens is 1. The lowest BCUT2D eigenvalue weighted by atomic mass is 9.61. The van der Waals surface area contributed by atoms with Gasteiger partial charge < -0.3 is 10.0 Å². The van der Waals surface area contributed by atoms with Gasteiger partial charge in [-0.15, -0.1) is 0 Å². The molecule has 3 aliphatic rings. The fraction of sp³-hybridized carbons (Fsp3) is 0.517. The Morgan fingerprint density at radius 1 is 1.12 bits per heavy atom. The Kier molecular flexibility index (Phi) is 7.44. The molecule has 2 saturated heterocycles. The van der Waals surface area contributed by atoms with Crippen molar-refractivity contribution in [3.8, 4) is 0 Å². The van der Waals surface area contributed by atoms with Gasteiger partial charge in [-0.2, -0.15) is 13.2 Å². The summed E-state index contributed by atoms with van der Waals surface area (Å²) in [5.41, 5.74) is -2.39. The molecule has 2 atom stereocenters. The fourth-order valence-electron chi connectivity index (χ4n) is 6.70. The molecule has 41 heavy (non-hydrogen) atoms. The molecule has 1 aromatic carbocycles. The monoisotopic (exact) mass is 576 g/mol. The van der Waals surface area contributed by atoms with Gasteiger partial charge in [0.25, 0.3) is 5.91 Å². The molecule has 8 nitrogen and oxygen atoms in total. The number of carbonyl (C=O) groups is 3. The number of hydrogen-bond acceptors (Lipinski definition) is 6. The van der Waals surface area contributed by atoms with Crippen LogP contribution in [0.4, 0.5) is 17.6 Å². The Morgan fingerprint density at radius 3 is 2.46 bits per heavy atom. The molecule has 5 rings (SSSR count). The first-order valence-corrected chi connectivity index (χ1v) is 13.8. The van der Waals surface area contributed by atoms with Crippen LogP contribution in [0.25, 0.3) is 0 Å². The predicted octanol–water partition coefficient (Wildman–Crippen LogP) is 3.90. The summed E-state index contributed by atoms with van der Waals surface area (Å²) >= 11 is 0. The molecule has 2 N–H and O–H groups in total. The molecule has 12 heteroatoms. The van der Waals surface area contributed by atoms with Crippen molar-refractivity contribution < 1.29 is 37.1 Å². The number of nitrogens with zero attached hydrogens (tertiary/aromatic N) is 3. The van der Waals surface area contributed by atoms with Crippen LogP contribution in [0.3, 0.4) is 0 Å². The second-order valence-electron chi connectivity index (χ2n) is 11.2. The van der Waals surface area contributed by atoms with Crippen molar-refractivity contribution in [1.29, 1.82) is 0 Å². The first kappa shape index (κ1) is 29.1. The third kappa shape index (κ3) is 4.90. The third-order valence-corrected chi connectivity index (χ3v) is 9.16. The number of likely N-dealkylation sites (tertiary alicyclic amines) is 1. The van der Waals surface area contributed by atoms with Crippen LogP contribution in [0.5, 0.6) is 0 Å². The van der Waals surface area contributed by atoms with E-state index in [2.05, 4.69) is 10.3 Å². The zero-order valence-electron chi connectivity index (χ0n) is 22.9. The van der Waals surface area contributed by atoms with Crippen molar-refractivity contribution in [2.45, 2.75) is 76.9 Å². The van der Waals surface area contributed by atoms with E-state index in [0.29, 0.717) is 38.0 Å². The van der Waals surface area contributed by atoms with Crippen LogP contribution in [0.2, 0.25) is 0 Å². The highest BCUT2D eigenvalue weighted by Crippen LogP contribution is 2.52. The van der Waals surface area contributed by atoms with Crippen LogP contribution in [-0.4, -0.2) is 56.7 Å². The van der Waals surface area contributed by atoms with E-state index in [1.54, 1.807) is 0 Å². The van der Waals surface area contributed by atoms with Crippen molar-refractivity contribution >= 4 is 17.7 Å². The summed E-state index contributed by atoms with van der Waals surface area (Å²) in [6, 6.07) is 4.40. The summed E-state index contributed by atoms with van der Waals surface area (Å²) in [7, 11) is 0. The maximum atomic E-state index is 16.3. The van der Waals surface area contributed by atoms with E-state index >= 15 is 4.39 Å². The number of nitrogens with one attached hydrogen (secondary N) is 1. The number of piperidine rings is 2. The molecule has 0 aliphatic carbocycles. The van der Waals surface area contributed by atoms with Gasteiger partial charge in [0.15, 0.2) is 0 Å². The number of halogens is 4. The number of amides is 3. The van der Waals surface area contributed by atoms with Gasteiger partial charge in [-0.1, -0.05) is 26.0 Å². The maximum absolute atomic E-state index is 16.3. The topological polar surface area (TPSA) is 103 Å². The van der Waals surface area contributed by atoms with Crippen molar-refractivity contribution in [3.63, 3.8) is 0 Å². The van der Waals surface area contributed by atoms with Crippen LogP contribution < -0.4 is 5.32 Å². The van der Waals surface area contributed by atoms with E-state index < -0.39 is 52.5 Å². The maximum Gasteiger partial charge on any atom is 0.433 e. The minimum absolute atomic E-state index is 0.0819. The molecule has 0 saturated carbocycles. The summed E-state index contributed by atoms with van der Waals surface area (Å²) in [4.78, 5) is 44.0. The number of fused-ring (bicyclic) bond motifs is 1. The summed E-state index contributed by atoms with van der Waals surface area (Å²) in [5, 5.41) is 14.5. The minimum atomic E-state index is -4.52. The number of aliphatic hydroxyl groups is 1. The van der Waals surface area contributed by atoms with E-state index in [-0.39, 0.29) is 42.5 Å². The molecule has 3 aliphatic heterocycles. The number of alkyl halides is 3. The van der Waals surface area contributed by atoms with Crippen LogP contribution in [-0.2, 0) is 34.5 Å². The lowest BCUT2D eigenvalue weighted by Gasteiger charge is -2.54. The van der Waals surface area contributed by atoms with Crippen molar-refractivity contribution in [2.75, 3.05) is 13.1 Å². The molecule has 3 amide bonds. The van der Waals surface area contributed by atoms with E-state index in [9.17, 15) is 32.7 Å². The van der Waals surface area contributed by atoms with Gasteiger partial charge in [0, 0.05) is 54.4 Å². The van der Waals surface area contributed by atoms with E-state index in [1.807, 2.05) is 18.7 Å². The molecule has 220 valence electrons. The number of pyridine rings is 1. The normalized spacial score (nSPS) is 24.9. The number of carbonyl (C=O) groups excluding carboxylic acids is 3. The molecule has 2 aromatic rings. The molecule has 1 unspecified atom stereocenters. The third-order valence-electron chi connectivity index (χ3n) is 9.16. The van der Waals surface area contributed by atoms with Crippen molar-refractivity contribution in [1.82, 2.24) is 20.1 Å². The molecular weight excluding hydrogens is 544 g/mol. The van der Waals surface area contributed by atoms with Gasteiger partial charge in [0.1, 0.15) is 23.2 Å². The Balaban J connectivity index is 1.40. The Bertz CT molecular complexity index is 1380. The number of benzene rings is 1. The Morgan fingerprint density at radius 2 is 1.85 bits per heavy atom. The van der Waals surface area contributed by atoms with Gasteiger partial charge in [-0.3, -0.25) is 29.6 Å². The first-order valence-electron chi connectivity index (χ1n) is 13.8. The minimum Gasteiger partial charge on any atom is -0.384 e. The van der Waals surface area contributed by atoms with Gasteiger partial charge in [0.2, 0.25) is 11.8 Å². The summed E-state index contributed by atoms with van der Waals surface area (Å²) in [6.45, 7) is 4.74. The molecule has 4 heterocycles. The molecule has 1 aromatic heterocycles. The van der Waals surface area contributed by atoms with Crippen LogP contribution in [0.15, 0.2) is 30.5 Å². The largest absolute Gasteiger partial charge is 0.433 e. The van der Waals surface area contributed by atoms with Gasteiger partial charge in [0.05, 0.1) is 6.54 Å². The van der Waals surface area contributed by atoms with E-state index in [0.717, 1.165) is 6.07 Å². The first-order chi connectivity index (χ1) is 19.3. The number of hydrogen-bond donors (Lipinski definition) is 2. The van der Waals surface area contributed by atoms with Gasteiger partial charge >= 0.3 is 6.18 Å². The van der Waals surface area contributed by atoms with Crippen LogP contribution >= 0.6 is 0 Å². The van der Waals surface area contributed by atoms with Crippen LogP contribution in [0, 0.1) is 11.2 Å². The highest BCUT2D eigenvalue weighted by Gasteiger charge is 2.54. The number of rotatable bonds is 6. The Labute approximate surface area is 234 Å². The summed E-state index contributed by atoms with van der Waals surface area (Å²) < 4.78 is 55.0. The average molecular weight is 577 g/mol. The smallest absolute Gasteiger partial charge is 0.384 e. The summed E-state index contributed by atoms with van der Waals surface area (Å²) in [6.07, 6.45) is -1.92. The lowest BCUT2D eigenvalue weighted by Crippen LogP contribution is -2.57. The highest BCUT2D eigenvalue weighted by molar-refractivity contribution is 6.05. The zero-order valence-corrected chi connectivity index (χ0v) is 22.9.